The van der Waals surface area contributed by atoms with Crippen molar-refractivity contribution in [3.63, 3.8) is 0 Å². The second kappa shape index (κ2) is 10.9. The molecule has 0 aliphatic heterocycles. The van der Waals surface area contributed by atoms with E-state index in [1.807, 2.05) is 0 Å². The maximum atomic E-state index is 14.0. The fourth-order valence-corrected chi connectivity index (χ4v) is 5.15. The van der Waals surface area contributed by atoms with E-state index in [4.69, 9.17) is 0 Å². The smallest absolute Gasteiger partial charge is 0.418 e. The van der Waals surface area contributed by atoms with Crippen LogP contribution in [0.15, 0.2) is 36.4 Å². The molecule has 0 saturated heterocycles. The number of aromatic nitrogens is 1. The fraction of sp³-hybridized carbons (Fsp3) is 0.393. The van der Waals surface area contributed by atoms with E-state index in [0.717, 1.165) is 24.3 Å². The van der Waals surface area contributed by atoms with Gasteiger partial charge in [0.15, 0.2) is 0 Å². The van der Waals surface area contributed by atoms with Crippen molar-refractivity contribution in [1.29, 1.82) is 0 Å². The van der Waals surface area contributed by atoms with Gasteiger partial charge in [0.05, 0.1) is 17.5 Å². The Labute approximate surface area is 226 Å². The molecule has 214 valence electrons. The molecule has 3 unspecified atom stereocenters. The van der Waals surface area contributed by atoms with Crippen LogP contribution in [0.1, 0.15) is 49.1 Å². The summed E-state index contributed by atoms with van der Waals surface area (Å²) in [5.74, 6) is -5.36. The first-order chi connectivity index (χ1) is 18.8. The van der Waals surface area contributed by atoms with Gasteiger partial charge in [-0.25, -0.2) is 13.6 Å². The Morgan fingerprint density at radius 1 is 1.10 bits per heavy atom. The third kappa shape index (κ3) is 5.52. The summed E-state index contributed by atoms with van der Waals surface area (Å²) in [7, 11) is 0. The van der Waals surface area contributed by atoms with Crippen molar-refractivity contribution in [2.24, 2.45) is 5.92 Å². The monoisotopic (exact) mass is 565 g/mol. The quantitative estimate of drug-likeness (QED) is 0.298. The van der Waals surface area contributed by atoms with E-state index in [0.29, 0.717) is 17.7 Å². The third-order valence-electron chi connectivity index (χ3n) is 7.60. The van der Waals surface area contributed by atoms with Gasteiger partial charge in [0, 0.05) is 23.1 Å². The Hall–Kier alpha value is -3.96. The molecule has 7 nitrogen and oxygen atoms in total. The van der Waals surface area contributed by atoms with Crippen LogP contribution in [0, 0.1) is 17.6 Å². The van der Waals surface area contributed by atoms with Gasteiger partial charge >= 0.3 is 12.1 Å². The zero-order valence-electron chi connectivity index (χ0n) is 21.7. The Bertz CT molecular complexity index is 1450. The van der Waals surface area contributed by atoms with Gasteiger partial charge in [0.2, 0.25) is 11.8 Å². The zero-order valence-corrected chi connectivity index (χ0v) is 21.7. The molecule has 2 amide bonds. The number of carbonyl (C=O) groups is 3. The summed E-state index contributed by atoms with van der Waals surface area (Å²) in [6, 6.07) is 5.56. The molecule has 3 aromatic rings. The van der Waals surface area contributed by atoms with Crippen LogP contribution >= 0.6 is 0 Å². The van der Waals surface area contributed by atoms with E-state index in [1.165, 1.54) is 12.1 Å². The highest BCUT2D eigenvalue weighted by molar-refractivity contribution is 5.95. The average molecular weight is 566 g/mol. The highest BCUT2D eigenvalue weighted by Crippen LogP contribution is 2.40. The number of aryl methyl sites for hydroxylation is 1. The van der Waals surface area contributed by atoms with Crippen LogP contribution in [-0.4, -0.2) is 39.5 Å². The van der Waals surface area contributed by atoms with Crippen molar-refractivity contribution in [3.8, 4) is 0 Å². The fourth-order valence-electron chi connectivity index (χ4n) is 5.15. The van der Waals surface area contributed by atoms with Crippen molar-refractivity contribution in [1.82, 2.24) is 15.6 Å². The molecule has 1 aliphatic rings. The van der Waals surface area contributed by atoms with Crippen LogP contribution in [0.2, 0.25) is 0 Å². The number of alkyl halides is 3. The van der Waals surface area contributed by atoms with E-state index in [2.05, 4.69) is 15.6 Å². The summed E-state index contributed by atoms with van der Waals surface area (Å²) in [6.45, 7) is 3.40. The molecule has 0 fully saturated rings. The number of carbonyl (C=O) groups excluding carboxylic acids is 2. The standard InChI is InChI=1S/C28H28F5N3O4/c1-3-14(2)23(35-22(37)12-16-19(29)8-5-9-20(16)30)25(38)36-27(26(39)40)11-10-21-17(13-27)15-6-4-7-18(24(15)34-21)28(31,32)33/h4-9,14,23,34H,3,10-13H2,1-2H3,(H,35,37)(H,36,38)(H,39,40). The van der Waals surface area contributed by atoms with Crippen LogP contribution in [0.25, 0.3) is 10.9 Å². The van der Waals surface area contributed by atoms with Gasteiger partial charge in [0.25, 0.3) is 0 Å². The lowest BCUT2D eigenvalue weighted by atomic mass is 9.79. The molecule has 4 N–H and O–H groups in total. The normalized spacial score (nSPS) is 18.6. The van der Waals surface area contributed by atoms with Gasteiger partial charge < -0.3 is 20.7 Å². The number of H-pyrrole nitrogens is 1. The summed E-state index contributed by atoms with van der Waals surface area (Å²) in [4.78, 5) is 41.5. The predicted molar refractivity (Wildman–Crippen MR) is 135 cm³/mol. The number of halogens is 5. The highest BCUT2D eigenvalue weighted by Gasteiger charge is 2.46. The van der Waals surface area contributed by atoms with Gasteiger partial charge in [-0.2, -0.15) is 13.2 Å². The van der Waals surface area contributed by atoms with Crippen LogP contribution in [0.5, 0.6) is 0 Å². The van der Waals surface area contributed by atoms with Crippen molar-refractivity contribution in [3.05, 3.63) is 70.4 Å². The maximum absolute atomic E-state index is 14.0. The summed E-state index contributed by atoms with van der Waals surface area (Å²) >= 11 is 0. The number of carboxylic acids is 1. The van der Waals surface area contributed by atoms with Crippen molar-refractivity contribution < 1.29 is 41.4 Å². The lowest BCUT2D eigenvalue weighted by Crippen LogP contribution is -2.62. The molecule has 3 atom stereocenters. The molecular weight excluding hydrogens is 537 g/mol. The lowest BCUT2D eigenvalue weighted by molar-refractivity contribution is -0.149. The number of para-hydroxylation sites is 1. The van der Waals surface area contributed by atoms with Crippen molar-refractivity contribution >= 4 is 28.7 Å². The zero-order chi connectivity index (χ0) is 29.4. The van der Waals surface area contributed by atoms with Gasteiger partial charge in [-0.05, 0) is 42.5 Å². The lowest BCUT2D eigenvalue weighted by Gasteiger charge is -2.36. The second-order valence-electron chi connectivity index (χ2n) is 10.2. The SMILES string of the molecule is CCC(C)C(NC(=O)Cc1c(F)cccc1F)C(=O)NC1(C(=O)O)CCc2[nH]c3c(C(F)(F)F)cccc3c2C1. The summed E-state index contributed by atoms with van der Waals surface area (Å²) in [5.41, 5.74) is -2.55. The van der Waals surface area contributed by atoms with E-state index in [1.54, 1.807) is 13.8 Å². The Kier molecular flexibility index (Phi) is 7.91. The number of nitrogens with one attached hydrogen (secondary N) is 3. The molecule has 0 radical (unpaired) electrons. The summed E-state index contributed by atoms with van der Waals surface area (Å²) in [5, 5.41) is 15.4. The topological polar surface area (TPSA) is 111 Å². The highest BCUT2D eigenvalue weighted by atomic mass is 19.4. The van der Waals surface area contributed by atoms with Crippen LogP contribution < -0.4 is 10.6 Å². The molecule has 1 heterocycles. The number of carboxylic acid groups (broad SMARTS) is 1. The predicted octanol–water partition coefficient (Wildman–Crippen LogP) is 4.67. The first-order valence-electron chi connectivity index (χ1n) is 12.7. The Morgan fingerprint density at radius 3 is 2.35 bits per heavy atom. The molecule has 1 aromatic heterocycles. The van der Waals surface area contributed by atoms with E-state index >= 15 is 0 Å². The average Bonchev–Trinajstić information content (AvgIpc) is 3.26. The van der Waals surface area contributed by atoms with Gasteiger partial charge in [-0.15, -0.1) is 0 Å². The summed E-state index contributed by atoms with van der Waals surface area (Å²) < 4.78 is 68.8. The molecule has 40 heavy (non-hydrogen) atoms. The van der Waals surface area contributed by atoms with E-state index in [-0.39, 0.29) is 30.2 Å². The van der Waals surface area contributed by atoms with Crippen LogP contribution in [0.4, 0.5) is 22.0 Å². The van der Waals surface area contributed by atoms with Gasteiger partial charge in [-0.3, -0.25) is 9.59 Å². The number of hydrogen-bond acceptors (Lipinski definition) is 3. The Morgan fingerprint density at radius 2 is 1.75 bits per heavy atom. The summed E-state index contributed by atoms with van der Waals surface area (Å²) in [6.07, 6.45) is -5.25. The van der Waals surface area contributed by atoms with Crippen molar-refractivity contribution in [2.75, 3.05) is 0 Å². The largest absolute Gasteiger partial charge is 0.479 e. The van der Waals surface area contributed by atoms with E-state index in [9.17, 15) is 41.4 Å². The third-order valence-corrected chi connectivity index (χ3v) is 7.60. The minimum Gasteiger partial charge on any atom is -0.479 e. The molecule has 0 spiro atoms. The Balaban J connectivity index is 1.61. The molecule has 0 saturated carbocycles. The van der Waals surface area contributed by atoms with Crippen molar-refractivity contribution in [2.45, 2.75) is 63.7 Å². The molecule has 1 aliphatic carbocycles. The number of aromatic amines is 1. The number of amides is 2. The molecule has 2 aromatic carbocycles. The molecule has 0 bridgehead atoms. The maximum Gasteiger partial charge on any atom is 0.418 e. The number of hydrogen-bond donors (Lipinski definition) is 4. The molecular formula is C28H28F5N3O4. The second-order valence-corrected chi connectivity index (χ2v) is 10.2. The minimum absolute atomic E-state index is 0.0564. The number of benzene rings is 2. The number of fused-ring (bicyclic) bond motifs is 3. The number of aliphatic carboxylic acids is 1. The minimum atomic E-state index is -4.63. The van der Waals surface area contributed by atoms with Gasteiger partial charge in [-0.1, -0.05) is 38.5 Å². The number of rotatable bonds is 8. The molecule has 4 rings (SSSR count). The first kappa shape index (κ1) is 29.0. The van der Waals surface area contributed by atoms with Gasteiger partial charge in [0.1, 0.15) is 23.2 Å². The molecule has 12 heteroatoms. The first-order valence-corrected chi connectivity index (χ1v) is 12.7. The van der Waals surface area contributed by atoms with Crippen LogP contribution in [-0.2, 0) is 39.8 Å². The van der Waals surface area contributed by atoms with Crippen LogP contribution in [0.3, 0.4) is 0 Å². The van der Waals surface area contributed by atoms with E-state index < -0.39 is 70.6 Å².